The fourth-order valence-electron chi connectivity index (χ4n) is 1.30. The number of hydrogen-bond donors (Lipinski definition) is 2. The zero-order chi connectivity index (χ0) is 15.3. The number of nitrogens with one attached hydrogen (secondary N) is 1. The van der Waals surface area contributed by atoms with Crippen molar-refractivity contribution in [2.45, 2.75) is 19.3 Å². The van der Waals surface area contributed by atoms with Gasteiger partial charge in [0.2, 0.25) is 6.23 Å². The summed E-state index contributed by atoms with van der Waals surface area (Å²) in [5.41, 5.74) is -1.03. The molecule has 2 N–H and O–H groups in total. The fraction of sp³-hybridized carbons (Fsp3) is 0.333. The van der Waals surface area contributed by atoms with Crippen LogP contribution in [0.1, 0.15) is 22.8 Å². The molecule has 110 valence electrons. The molecule has 1 atom stereocenters. The van der Waals surface area contributed by atoms with Gasteiger partial charge in [-0.15, -0.1) is 0 Å². The molecule has 1 aromatic carbocycles. The van der Waals surface area contributed by atoms with Crippen LogP contribution < -0.4 is 5.32 Å². The number of amides is 1. The second-order valence-corrected chi connectivity index (χ2v) is 3.70. The number of carbonyl (C=O) groups is 2. The Morgan fingerprint density at radius 1 is 1.30 bits per heavy atom. The Morgan fingerprint density at radius 2 is 1.85 bits per heavy atom. The minimum absolute atomic E-state index is 0.0199. The highest BCUT2D eigenvalue weighted by atomic mass is 19.4. The maximum atomic E-state index is 12.3. The molecule has 0 aliphatic rings. The average molecular weight is 291 g/mol. The molecule has 0 aliphatic carbocycles. The molecular formula is C12H12F3NO4. The van der Waals surface area contributed by atoms with Crippen LogP contribution in [0.4, 0.5) is 13.2 Å². The van der Waals surface area contributed by atoms with E-state index < -0.39 is 29.8 Å². The van der Waals surface area contributed by atoms with Crippen LogP contribution >= 0.6 is 0 Å². The van der Waals surface area contributed by atoms with Crippen LogP contribution in [0.25, 0.3) is 0 Å². The molecule has 1 aromatic rings. The minimum Gasteiger partial charge on any atom is -0.463 e. The van der Waals surface area contributed by atoms with Crippen LogP contribution in [0.5, 0.6) is 0 Å². The largest absolute Gasteiger partial charge is 0.463 e. The fourth-order valence-corrected chi connectivity index (χ4v) is 1.30. The van der Waals surface area contributed by atoms with E-state index >= 15 is 0 Å². The lowest BCUT2D eigenvalue weighted by Gasteiger charge is -2.12. The highest BCUT2D eigenvalue weighted by molar-refractivity contribution is 5.96. The summed E-state index contributed by atoms with van der Waals surface area (Å²) in [6.45, 7) is 1.54. The third-order valence-electron chi connectivity index (χ3n) is 2.25. The number of aliphatic hydroxyl groups excluding tert-OH is 1. The number of ether oxygens (including phenoxy) is 1. The minimum atomic E-state index is -4.50. The monoisotopic (exact) mass is 291 g/mol. The first-order valence-corrected chi connectivity index (χ1v) is 5.58. The van der Waals surface area contributed by atoms with Gasteiger partial charge < -0.3 is 15.2 Å². The van der Waals surface area contributed by atoms with Crippen LogP contribution in [-0.4, -0.2) is 29.8 Å². The second kappa shape index (κ2) is 6.38. The van der Waals surface area contributed by atoms with Crippen LogP contribution in [0.3, 0.4) is 0 Å². The standard InChI is InChI=1S/C12H12F3NO4/c1-2-20-11(19)10(18)16-9(17)7-3-5-8(6-4-7)12(13,14)15/h3-6,10,18H,2H2,1H3,(H,16,17). The Morgan fingerprint density at radius 3 is 2.30 bits per heavy atom. The molecule has 0 bridgehead atoms. The number of esters is 1. The van der Waals surface area contributed by atoms with Gasteiger partial charge >= 0.3 is 12.1 Å². The van der Waals surface area contributed by atoms with Crippen molar-refractivity contribution in [2.75, 3.05) is 6.61 Å². The molecule has 1 rings (SSSR count). The zero-order valence-corrected chi connectivity index (χ0v) is 10.4. The maximum absolute atomic E-state index is 12.3. The molecule has 0 fully saturated rings. The summed E-state index contributed by atoms with van der Waals surface area (Å²) in [7, 11) is 0. The molecule has 0 saturated carbocycles. The van der Waals surface area contributed by atoms with Gasteiger partial charge in [-0.3, -0.25) is 4.79 Å². The summed E-state index contributed by atoms with van der Waals surface area (Å²) < 4.78 is 41.4. The van der Waals surface area contributed by atoms with Gasteiger partial charge in [0, 0.05) is 5.56 Å². The Hall–Kier alpha value is -2.09. The van der Waals surface area contributed by atoms with E-state index in [4.69, 9.17) is 0 Å². The lowest BCUT2D eigenvalue weighted by Crippen LogP contribution is -2.41. The molecule has 0 aromatic heterocycles. The van der Waals surface area contributed by atoms with Gasteiger partial charge in [0.05, 0.1) is 12.2 Å². The van der Waals surface area contributed by atoms with E-state index in [0.29, 0.717) is 0 Å². The molecular weight excluding hydrogens is 279 g/mol. The number of carbonyl (C=O) groups excluding carboxylic acids is 2. The predicted molar refractivity (Wildman–Crippen MR) is 61.6 cm³/mol. The normalized spacial score (nSPS) is 12.7. The third-order valence-corrected chi connectivity index (χ3v) is 2.25. The Balaban J connectivity index is 2.71. The first-order valence-electron chi connectivity index (χ1n) is 5.58. The molecule has 8 heteroatoms. The molecule has 0 aliphatic heterocycles. The number of halogens is 3. The highest BCUT2D eigenvalue weighted by Gasteiger charge is 2.30. The summed E-state index contributed by atoms with van der Waals surface area (Å²) in [5.74, 6) is -1.94. The molecule has 5 nitrogen and oxygen atoms in total. The van der Waals surface area contributed by atoms with Crippen LogP contribution in [0, 0.1) is 0 Å². The number of aliphatic hydroxyl groups is 1. The van der Waals surface area contributed by atoms with E-state index in [1.54, 1.807) is 0 Å². The molecule has 1 amide bonds. The smallest absolute Gasteiger partial charge is 0.416 e. The number of benzene rings is 1. The summed E-state index contributed by atoms with van der Waals surface area (Å²) in [4.78, 5) is 22.6. The maximum Gasteiger partial charge on any atom is 0.416 e. The molecule has 0 spiro atoms. The SMILES string of the molecule is CCOC(=O)C(O)NC(=O)c1ccc(C(F)(F)F)cc1. The van der Waals surface area contributed by atoms with Crippen molar-refractivity contribution in [3.05, 3.63) is 35.4 Å². The summed E-state index contributed by atoms with van der Waals surface area (Å²) >= 11 is 0. The first-order chi connectivity index (χ1) is 9.25. The van der Waals surface area contributed by atoms with E-state index in [0.717, 1.165) is 24.3 Å². The van der Waals surface area contributed by atoms with E-state index in [9.17, 15) is 27.9 Å². The number of alkyl halides is 3. The Labute approximate surface area is 112 Å². The van der Waals surface area contributed by atoms with Crippen LogP contribution in [-0.2, 0) is 15.7 Å². The van der Waals surface area contributed by atoms with Crippen molar-refractivity contribution in [3.63, 3.8) is 0 Å². The lowest BCUT2D eigenvalue weighted by atomic mass is 10.1. The number of hydrogen-bond acceptors (Lipinski definition) is 4. The predicted octanol–water partition coefficient (Wildman–Crippen LogP) is 1.32. The quantitative estimate of drug-likeness (QED) is 0.648. The van der Waals surface area contributed by atoms with Crippen LogP contribution in [0.2, 0.25) is 0 Å². The van der Waals surface area contributed by atoms with Gasteiger partial charge in [-0.25, -0.2) is 4.79 Å². The van der Waals surface area contributed by atoms with Gasteiger partial charge in [0.25, 0.3) is 5.91 Å². The van der Waals surface area contributed by atoms with Crippen molar-refractivity contribution in [3.8, 4) is 0 Å². The van der Waals surface area contributed by atoms with Crippen molar-refractivity contribution < 1.29 is 32.6 Å². The lowest BCUT2D eigenvalue weighted by molar-refractivity contribution is -0.154. The summed E-state index contributed by atoms with van der Waals surface area (Å²) in [6.07, 6.45) is -6.37. The first kappa shape index (κ1) is 16.0. The zero-order valence-electron chi connectivity index (χ0n) is 10.4. The van der Waals surface area contributed by atoms with Crippen molar-refractivity contribution in [2.24, 2.45) is 0 Å². The molecule has 1 unspecified atom stereocenters. The third kappa shape index (κ3) is 4.23. The Bertz CT molecular complexity index is 484. The van der Waals surface area contributed by atoms with Crippen molar-refractivity contribution in [1.29, 1.82) is 0 Å². The van der Waals surface area contributed by atoms with Gasteiger partial charge in [-0.1, -0.05) is 0 Å². The topological polar surface area (TPSA) is 75.6 Å². The van der Waals surface area contributed by atoms with E-state index in [1.165, 1.54) is 6.92 Å². The number of rotatable bonds is 4. The summed E-state index contributed by atoms with van der Waals surface area (Å²) in [6, 6.07) is 3.34. The van der Waals surface area contributed by atoms with Gasteiger partial charge in [0.1, 0.15) is 0 Å². The van der Waals surface area contributed by atoms with E-state index in [1.807, 2.05) is 5.32 Å². The van der Waals surface area contributed by atoms with Crippen molar-refractivity contribution in [1.82, 2.24) is 5.32 Å². The molecule has 0 saturated heterocycles. The van der Waals surface area contributed by atoms with Gasteiger partial charge in [-0.2, -0.15) is 13.2 Å². The van der Waals surface area contributed by atoms with Gasteiger partial charge in [0.15, 0.2) is 0 Å². The van der Waals surface area contributed by atoms with Crippen LogP contribution in [0.15, 0.2) is 24.3 Å². The van der Waals surface area contributed by atoms with Gasteiger partial charge in [-0.05, 0) is 31.2 Å². The summed E-state index contributed by atoms with van der Waals surface area (Å²) in [5, 5.41) is 11.2. The van der Waals surface area contributed by atoms with E-state index in [2.05, 4.69) is 4.74 Å². The molecule has 0 heterocycles. The average Bonchev–Trinajstić information content (AvgIpc) is 2.38. The van der Waals surface area contributed by atoms with Crippen molar-refractivity contribution >= 4 is 11.9 Å². The highest BCUT2D eigenvalue weighted by Crippen LogP contribution is 2.29. The van der Waals surface area contributed by atoms with E-state index in [-0.39, 0.29) is 12.2 Å². The molecule has 20 heavy (non-hydrogen) atoms. The second-order valence-electron chi connectivity index (χ2n) is 3.70. The Kier molecular flexibility index (Phi) is 5.09. The molecule has 0 radical (unpaired) electrons.